The number of esters is 2. The Hall–Kier alpha value is -1.59. The number of carbonyl (C=O) groups excluding carboxylic acids is 2. The molecule has 0 radical (unpaired) electrons. The summed E-state index contributed by atoms with van der Waals surface area (Å²) in [7, 11) is -4.41. The Morgan fingerprint density at radius 1 is 0.792 bits per heavy atom. The number of hydrogen-bond acceptors (Lipinski definition) is 6. The number of rotatable bonds is 9. The molecule has 0 aromatic carbocycles. The molecule has 0 spiro atoms. The molecule has 0 amide bonds. The molecule has 0 bridgehead atoms. The first-order valence-corrected chi connectivity index (χ1v) is 14.3. The Bertz CT molecular complexity index is 471. The number of ether oxygens (including phenoxy) is 2. The fourth-order valence-electron chi connectivity index (χ4n) is 1.62. The normalized spacial score (nSPS) is 14.0. The monoisotopic (exact) mass is 370 g/mol. The molecule has 0 rings (SSSR count). The molecule has 0 aliphatic rings. The minimum Gasteiger partial charge on any atom is -0.451 e. The van der Waals surface area contributed by atoms with Gasteiger partial charge in [0.2, 0.25) is 0 Å². The molecule has 0 fully saturated rings. The van der Waals surface area contributed by atoms with Gasteiger partial charge >= 0.3 is 11.9 Å². The van der Waals surface area contributed by atoms with Crippen LogP contribution >= 0.6 is 0 Å². The lowest BCUT2D eigenvalue weighted by Crippen LogP contribution is -2.53. The van der Waals surface area contributed by atoms with Gasteiger partial charge in [-0.3, -0.25) is 0 Å². The van der Waals surface area contributed by atoms with Crippen LogP contribution in [0, 0.1) is 24.7 Å². The smallest absolute Gasteiger partial charge is 0.338 e. The van der Waals surface area contributed by atoms with E-state index in [0.29, 0.717) is 0 Å². The van der Waals surface area contributed by atoms with Gasteiger partial charge in [-0.15, -0.1) is 12.8 Å². The molecule has 0 aromatic heterocycles. The van der Waals surface area contributed by atoms with E-state index in [4.69, 9.17) is 31.2 Å². The maximum atomic E-state index is 12.4. The lowest BCUT2D eigenvalue weighted by Gasteiger charge is -2.33. The summed E-state index contributed by atoms with van der Waals surface area (Å²) in [5, 5.41) is 0. The summed E-state index contributed by atoms with van der Waals surface area (Å²) in [5.74, 6) is 2.90. The lowest BCUT2D eigenvalue weighted by atomic mass is 10.2. The fourth-order valence-corrected chi connectivity index (χ4v) is 3.58. The summed E-state index contributed by atoms with van der Waals surface area (Å²) in [5.41, 5.74) is 0. The van der Waals surface area contributed by atoms with Crippen LogP contribution in [0.5, 0.6) is 0 Å². The standard InChI is InChI=1S/C16H26O6Si2/c1-9-11-19-15(17)13(21-23(3,4)5)14(22-24(6,7)8)16(18)20-12-10-2/h1-2,13-14H,11-12H2,3-8H3. The lowest BCUT2D eigenvalue weighted by molar-refractivity contribution is -0.168. The largest absolute Gasteiger partial charge is 0.451 e. The van der Waals surface area contributed by atoms with Gasteiger partial charge in [-0.1, -0.05) is 11.8 Å². The van der Waals surface area contributed by atoms with E-state index >= 15 is 0 Å². The second kappa shape index (κ2) is 9.65. The van der Waals surface area contributed by atoms with Gasteiger partial charge in [-0.25, -0.2) is 9.59 Å². The van der Waals surface area contributed by atoms with Crippen LogP contribution in [-0.2, 0) is 27.9 Å². The molecule has 0 saturated carbocycles. The predicted molar refractivity (Wildman–Crippen MR) is 96.0 cm³/mol. The first kappa shape index (κ1) is 22.4. The summed E-state index contributed by atoms with van der Waals surface area (Å²) in [6, 6.07) is 0. The van der Waals surface area contributed by atoms with E-state index in [1.807, 2.05) is 39.3 Å². The number of carbonyl (C=O) groups is 2. The molecule has 0 aromatic rings. The second-order valence-electron chi connectivity index (χ2n) is 6.93. The zero-order valence-corrected chi connectivity index (χ0v) is 17.2. The molecular weight excluding hydrogens is 344 g/mol. The van der Waals surface area contributed by atoms with Crippen LogP contribution in [-0.4, -0.2) is 54.0 Å². The second-order valence-corrected chi connectivity index (χ2v) is 15.8. The fraction of sp³-hybridized carbons (Fsp3) is 0.625. The molecule has 0 aliphatic carbocycles. The summed E-state index contributed by atoms with van der Waals surface area (Å²) >= 11 is 0. The van der Waals surface area contributed by atoms with Crippen molar-refractivity contribution >= 4 is 28.6 Å². The highest BCUT2D eigenvalue weighted by Crippen LogP contribution is 2.19. The Kier molecular flexibility index (Phi) is 9.01. The van der Waals surface area contributed by atoms with Gasteiger partial charge in [-0.2, -0.15) is 0 Å². The van der Waals surface area contributed by atoms with E-state index < -0.39 is 40.8 Å². The highest BCUT2D eigenvalue weighted by Gasteiger charge is 2.43. The van der Waals surface area contributed by atoms with E-state index in [-0.39, 0.29) is 13.2 Å². The third-order valence-corrected chi connectivity index (χ3v) is 4.22. The summed E-state index contributed by atoms with van der Waals surface area (Å²) in [6.07, 6.45) is 7.72. The molecule has 8 heteroatoms. The Labute approximate surface area is 146 Å². The van der Waals surface area contributed by atoms with Crippen LogP contribution in [0.1, 0.15) is 0 Å². The quantitative estimate of drug-likeness (QED) is 0.350. The van der Waals surface area contributed by atoms with Gasteiger partial charge in [-0.05, 0) is 39.3 Å². The molecule has 24 heavy (non-hydrogen) atoms. The van der Waals surface area contributed by atoms with Crippen LogP contribution < -0.4 is 0 Å². The number of terminal acetylenes is 2. The van der Waals surface area contributed by atoms with E-state index in [9.17, 15) is 9.59 Å². The van der Waals surface area contributed by atoms with E-state index in [1.54, 1.807) is 0 Å². The van der Waals surface area contributed by atoms with Crippen molar-refractivity contribution in [2.24, 2.45) is 0 Å². The van der Waals surface area contributed by atoms with Crippen molar-refractivity contribution in [3.8, 4) is 24.7 Å². The Balaban J connectivity index is 5.59. The molecule has 0 aliphatic heterocycles. The third kappa shape index (κ3) is 9.53. The van der Waals surface area contributed by atoms with Gasteiger partial charge in [0.15, 0.2) is 42.1 Å². The molecule has 2 atom stereocenters. The van der Waals surface area contributed by atoms with Crippen LogP contribution in [0.4, 0.5) is 0 Å². The zero-order valence-electron chi connectivity index (χ0n) is 15.2. The summed E-state index contributed by atoms with van der Waals surface area (Å²) in [6.45, 7) is 10.9. The molecular formula is C16H26O6Si2. The zero-order chi connectivity index (χ0) is 19.0. The summed E-state index contributed by atoms with van der Waals surface area (Å²) in [4.78, 5) is 24.7. The van der Waals surface area contributed by atoms with E-state index in [2.05, 4.69) is 11.8 Å². The topological polar surface area (TPSA) is 71.1 Å². The minimum atomic E-state index is -2.20. The Morgan fingerprint density at radius 3 is 1.29 bits per heavy atom. The first-order chi connectivity index (χ1) is 10.9. The molecule has 6 nitrogen and oxygen atoms in total. The average molecular weight is 371 g/mol. The van der Waals surface area contributed by atoms with Crippen molar-refractivity contribution in [3.63, 3.8) is 0 Å². The van der Waals surface area contributed by atoms with Crippen LogP contribution in [0.3, 0.4) is 0 Å². The molecule has 134 valence electrons. The maximum absolute atomic E-state index is 12.4. The first-order valence-electron chi connectivity index (χ1n) is 7.47. The van der Waals surface area contributed by atoms with Crippen molar-refractivity contribution in [3.05, 3.63) is 0 Å². The maximum Gasteiger partial charge on any atom is 0.338 e. The molecule has 0 heterocycles. The van der Waals surface area contributed by atoms with Crippen LogP contribution in [0.15, 0.2) is 0 Å². The van der Waals surface area contributed by atoms with Gasteiger partial charge in [0.25, 0.3) is 0 Å². The molecule has 2 unspecified atom stereocenters. The van der Waals surface area contributed by atoms with Gasteiger partial charge in [0, 0.05) is 0 Å². The van der Waals surface area contributed by atoms with Crippen molar-refractivity contribution in [2.45, 2.75) is 51.5 Å². The summed E-state index contributed by atoms with van der Waals surface area (Å²) < 4.78 is 21.6. The van der Waals surface area contributed by atoms with Gasteiger partial charge in [0.05, 0.1) is 0 Å². The van der Waals surface area contributed by atoms with Crippen molar-refractivity contribution in [1.29, 1.82) is 0 Å². The van der Waals surface area contributed by atoms with Gasteiger partial charge in [0.1, 0.15) is 0 Å². The molecule has 0 saturated heterocycles. The average Bonchev–Trinajstić information content (AvgIpc) is 2.43. The molecule has 0 N–H and O–H groups in total. The van der Waals surface area contributed by atoms with E-state index in [1.165, 1.54) is 0 Å². The van der Waals surface area contributed by atoms with Crippen LogP contribution in [0.2, 0.25) is 39.3 Å². The van der Waals surface area contributed by atoms with Crippen LogP contribution in [0.25, 0.3) is 0 Å². The predicted octanol–water partition coefficient (Wildman–Crippen LogP) is 1.78. The van der Waals surface area contributed by atoms with Crippen molar-refractivity contribution < 1.29 is 27.9 Å². The van der Waals surface area contributed by atoms with Crippen molar-refractivity contribution in [2.75, 3.05) is 13.2 Å². The van der Waals surface area contributed by atoms with Gasteiger partial charge < -0.3 is 18.3 Å². The highest BCUT2D eigenvalue weighted by molar-refractivity contribution is 6.70. The number of hydrogen-bond donors (Lipinski definition) is 0. The van der Waals surface area contributed by atoms with E-state index in [0.717, 1.165) is 0 Å². The van der Waals surface area contributed by atoms with Crippen molar-refractivity contribution in [1.82, 2.24) is 0 Å². The third-order valence-electron chi connectivity index (χ3n) is 2.30. The highest BCUT2D eigenvalue weighted by atomic mass is 28.4. The SMILES string of the molecule is C#CCOC(=O)C(O[Si](C)(C)C)C(O[Si](C)(C)C)C(=O)OCC#C. The Morgan fingerprint density at radius 2 is 1.08 bits per heavy atom. The minimum absolute atomic E-state index is 0.219.